The van der Waals surface area contributed by atoms with Crippen LogP contribution in [0.15, 0.2) is 54.6 Å². The van der Waals surface area contributed by atoms with Gasteiger partial charge in [0.25, 0.3) is 0 Å². The molecule has 1 saturated heterocycles. The molecule has 5 nitrogen and oxygen atoms in total. The van der Waals surface area contributed by atoms with Gasteiger partial charge in [-0.15, -0.1) is 0 Å². The second kappa shape index (κ2) is 9.53. The first-order chi connectivity index (χ1) is 13.1. The number of halogens is 1. The SMILES string of the molecule is O=C(CN1CCCC(C(=O)Nc2ccccc2)C1)NCc1ccc(Cl)cc1. The molecule has 1 aliphatic rings. The molecule has 1 heterocycles. The van der Waals surface area contributed by atoms with Crippen LogP contribution < -0.4 is 10.6 Å². The molecule has 0 bridgehead atoms. The number of benzene rings is 2. The standard InChI is InChI=1S/C21H24ClN3O2/c22-18-10-8-16(9-11-18)13-23-20(26)15-25-12-4-5-17(14-25)21(27)24-19-6-2-1-3-7-19/h1-3,6-11,17H,4-5,12-15H2,(H,23,26)(H,24,27). The first kappa shape index (κ1) is 19.4. The Labute approximate surface area is 164 Å². The van der Waals surface area contributed by atoms with E-state index in [1.165, 1.54) is 0 Å². The van der Waals surface area contributed by atoms with Gasteiger partial charge in [0.1, 0.15) is 0 Å². The van der Waals surface area contributed by atoms with Crippen molar-refractivity contribution in [2.24, 2.45) is 5.92 Å². The molecule has 0 radical (unpaired) electrons. The summed E-state index contributed by atoms with van der Waals surface area (Å²) in [6.07, 6.45) is 1.76. The van der Waals surface area contributed by atoms with E-state index < -0.39 is 0 Å². The molecular weight excluding hydrogens is 362 g/mol. The molecule has 2 N–H and O–H groups in total. The van der Waals surface area contributed by atoms with Crippen LogP contribution >= 0.6 is 11.6 Å². The van der Waals surface area contributed by atoms with E-state index in [2.05, 4.69) is 15.5 Å². The van der Waals surface area contributed by atoms with Gasteiger partial charge in [0.2, 0.25) is 11.8 Å². The van der Waals surface area contributed by atoms with Crippen molar-refractivity contribution >= 4 is 29.1 Å². The average molecular weight is 386 g/mol. The molecule has 0 aromatic heterocycles. The second-order valence-corrected chi connectivity index (χ2v) is 7.27. The Morgan fingerprint density at radius 2 is 1.81 bits per heavy atom. The van der Waals surface area contributed by atoms with Crippen molar-refractivity contribution in [3.8, 4) is 0 Å². The van der Waals surface area contributed by atoms with E-state index in [0.717, 1.165) is 30.6 Å². The van der Waals surface area contributed by atoms with Crippen molar-refractivity contribution in [3.05, 3.63) is 65.2 Å². The predicted molar refractivity (Wildman–Crippen MR) is 108 cm³/mol. The summed E-state index contributed by atoms with van der Waals surface area (Å²) in [7, 11) is 0. The Morgan fingerprint density at radius 3 is 2.56 bits per heavy atom. The van der Waals surface area contributed by atoms with Crippen LogP contribution in [0.1, 0.15) is 18.4 Å². The number of para-hydroxylation sites is 1. The molecule has 142 valence electrons. The smallest absolute Gasteiger partial charge is 0.234 e. The Morgan fingerprint density at radius 1 is 1.07 bits per heavy atom. The van der Waals surface area contributed by atoms with E-state index in [1.807, 2.05) is 54.6 Å². The van der Waals surface area contributed by atoms with E-state index in [0.29, 0.717) is 24.7 Å². The second-order valence-electron chi connectivity index (χ2n) is 6.83. The number of carbonyl (C=O) groups is 2. The summed E-state index contributed by atoms with van der Waals surface area (Å²) in [4.78, 5) is 26.8. The quantitative estimate of drug-likeness (QED) is 0.802. The molecule has 1 aliphatic heterocycles. The van der Waals surface area contributed by atoms with Crippen molar-refractivity contribution in [3.63, 3.8) is 0 Å². The number of nitrogens with zero attached hydrogens (tertiary/aromatic N) is 1. The zero-order valence-electron chi connectivity index (χ0n) is 15.2. The summed E-state index contributed by atoms with van der Waals surface area (Å²) in [5, 5.41) is 6.56. The zero-order chi connectivity index (χ0) is 19.1. The van der Waals surface area contributed by atoms with Gasteiger partial charge in [-0.05, 0) is 49.2 Å². The zero-order valence-corrected chi connectivity index (χ0v) is 15.9. The van der Waals surface area contributed by atoms with Gasteiger partial charge in [0.15, 0.2) is 0 Å². The van der Waals surface area contributed by atoms with Gasteiger partial charge < -0.3 is 10.6 Å². The van der Waals surface area contributed by atoms with E-state index in [9.17, 15) is 9.59 Å². The fraction of sp³-hybridized carbons (Fsp3) is 0.333. The summed E-state index contributed by atoms with van der Waals surface area (Å²) >= 11 is 5.87. The van der Waals surface area contributed by atoms with Crippen LogP contribution in [0.3, 0.4) is 0 Å². The molecule has 0 spiro atoms. The minimum atomic E-state index is -0.0944. The van der Waals surface area contributed by atoms with E-state index >= 15 is 0 Å². The lowest BCUT2D eigenvalue weighted by Crippen LogP contribution is -2.45. The number of hydrogen-bond donors (Lipinski definition) is 2. The van der Waals surface area contributed by atoms with Gasteiger partial charge >= 0.3 is 0 Å². The molecule has 1 atom stereocenters. The third-order valence-corrected chi connectivity index (χ3v) is 4.94. The van der Waals surface area contributed by atoms with Crippen molar-refractivity contribution < 1.29 is 9.59 Å². The van der Waals surface area contributed by atoms with Gasteiger partial charge in [0.05, 0.1) is 12.5 Å². The van der Waals surface area contributed by atoms with Crippen molar-refractivity contribution in [1.82, 2.24) is 10.2 Å². The molecule has 27 heavy (non-hydrogen) atoms. The molecule has 0 saturated carbocycles. The third-order valence-electron chi connectivity index (χ3n) is 4.69. The summed E-state index contributed by atoms with van der Waals surface area (Å²) in [6.45, 7) is 2.22. The lowest BCUT2D eigenvalue weighted by atomic mass is 9.97. The van der Waals surface area contributed by atoms with Crippen molar-refractivity contribution in [2.45, 2.75) is 19.4 Å². The lowest BCUT2D eigenvalue weighted by Gasteiger charge is -2.31. The van der Waals surface area contributed by atoms with Crippen LogP contribution in [0.5, 0.6) is 0 Å². The number of amides is 2. The highest BCUT2D eigenvalue weighted by molar-refractivity contribution is 6.30. The van der Waals surface area contributed by atoms with Crippen LogP contribution in [-0.2, 0) is 16.1 Å². The van der Waals surface area contributed by atoms with Crippen LogP contribution in [-0.4, -0.2) is 36.3 Å². The van der Waals surface area contributed by atoms with Crippen molar-refractivity contribution in [2.75, 3.05) is 25.0 Å². The Balaban J connectivity index is 1.45. The number of rotatable bonds is 6. The van der Waals surface area contributed by atoms with E-state index in [4.69, 9.17) is 11.6 Å². The molecule has 2 aromatic carbocycles. The van der Waals surface area contributed by atoms with Crippen LogP contribution in [0.25, 0.3) is 0 Å². The lowest BCUT2D eigenvalue weighted by molar-refractivity contribution is -0.125. The van der Waals surface area contributed by atoms with Gasteiger partial charge in [0, 0.05) is 23.8 Å². The highest BCUT2D eigenvalue weighted by Gasteiger charge is 2.26. The molecule has 0 aliphatic carbocycles. The first-order valence-corrected chi connectivity index (χ1v) is 9.57. The van der Waals surface area contributed by atoms with Crippen LogP contribution in [0, 0.1) is 5.92 Å². The normalized spacial score (nSPS) is 17.3. The highest BCUT2D eigenvalue weighted by atomic mass is 35.5. The fourth-order valence-corrected chi connectivity index (χ4v) is 3.37. The summed E-state index contributed by atoms with van der Waals surface area (Å²) in [5.41, 5.74) is 1.81. The molecule has 3 rings (SSSR count). The topological polar surface area (TPSA) is 61.4 Å². The van der Waals surface area contributed by atoms with Gasteiger partial charge in [-0.25, -0.2) is 0 Å². The molecule has 1 fully saturated rings. The number of likely N-dealkylation sites (tertiary alicyclic amines) is 1. The number of hydrogen-bond acceptors (Lipinski definition) is 3. The minimum Gasteiger partial charge on any atom is -0.351 e. The fourth-order valence-electron chi connectivity index (χ4n) is 3.24. The Kier molecular flexibility index (Phi) is 6.85. The van der Waals surface area contributed by atoms with Crippen molar-refractivity contribution in [1.29, 1.82) is 0 Å². The van der Waals surface area contributed by atoms with Crippen LogP contribution in [0.2, 0.25) is 5.02 Å². The number of nitrogens with one attached hydrogen (secondary N) is 2. The molecular formula is C21H24ClN3O2. The number of anilines is 1. The monoisotopic (exact) mass is 385 g/mol. The summed E-state index contributed by atoms with van der Waals surface area (Å²) < 4.78 is 0. The largest absolute Gasteiger partial charge is 0.351 e. The maximum atomic E-state index is 12.5. The summed E-state index contributed by atoms with van der Waals surface area (Å²) in [6, 6.07) is 16.9. The van der Waals surface area contributed by atoms with Gasteiger partial charge in [-0.1, -0.05) is 41.9 Å². The molecule has 6 heteroatoms. The van der Waals surface area contributed by atoms with E-state index in [1.54, 1.807) is 0 Å². The molecule has 1 unspecified atom stereocenters. The highest BCUT2D eigenvalue weighted by Crippen LogP contribution is 2.18. The number of piperidine rings is 1. The van der Waals surface area contributed by atoms with E-state index in [-0.39, 0.29) is 17.7 Å². The molecule has 2 aromatic rings. The summed E-state index contributed by atoms with van der Waals surface area (Å²) in [5.74, 6) is -0.107. The Hall–Kier alpha value is -2.37. The first-order valence-electron chi connectivity index (χ1n) is 9.19. The molecule has 2 amide bonds. The van der Waals surface area contributed by atoms with Gasteiger partial charge in [-0.2, -0.15) is 0 Å². The minimum absolute atomic E-state index is 0.0208. The maximum Gasteiger partial charge on any atom is 0.234 e. The Bertz CT molecular complexity index is 765. The third kappa shape index (κ3) is 6.08. The average Bonchev–Trinajstić information content (AvgIpc) is 2.68. The number of carbonyl (C=O) groups excluding carboxylic acids is 2. The predicted octanol–water partition coefficient (Wildman–Crippen LogP) is 3.31. The maximum absolute atomic E-state index is 12.5. The van der Waals surface area contributed by atoms with Gasteiger partial charge in [-0.3, -0.25) is 14.5 Å². The van der Waals surface area contributed by atoms with Crippen LogP contribution in [0.4, 0.5) is 5.69 Å².